The van der Waals surface area contributed by atoms with E-state index in [1.807, 2.05) is 24.3 Å². The molecule has 1 aliphatic heterocycles. The zero-order valence-electron chi connectivity index (χ0n) is 17.3. The van der Waals surface area contributed by atoms with Crippen LogP contribution in [0.15, 0.2) is 42.7 Å². The van der Waals surface area contributed by atoms with Crippen molar-refractivity contribution in [2.45, 2.75) is 44.2 Å². The van der Waals surface area contributed by atoms with Crippen molar-refractivity contribution in [2.24, 2.45) is 0 Å². The Balaban J connectivity index is 1.23. The summed E-state index contributed by atoms with van der Waals surface area (Å²) < 4.78 is 16.4. The molecule has 5 rings (SSSR count). The second kappa shape index (κ2) is 7.82. The van der Waals surface area contributed by atoms with Crippen LogP contribution in [-0.2, 0) is 0 Å². The molecule has 5 nitrogen and oxygen atoms in total. The van der Waals surface area contributed by atoms with E-state index in [9.17, 15) is 4.39 Å². The number of halogens is 2. The Bertz CT molecular complexity index is 1040. The first kappa shape index (κ1) is 19.8. The van der Waals surface area contributed by atoms with E-state index < -0.39 is 0 Å². The summed E-state index contributed by atoms with van der Waals surface area (Å²) in [6, 6.07) is 9.64. The average molecular weight is 428 g/mol. The van der Waals surface area contributed by atoms with Crippen LogP contribution in [0.2, 0.25) is 5.15 Å². The zero-order chi connectivity index (χ0) is 20.7. The molecule has 0 spiro atoms. The maximum absolute atomic E-state index is 14.1. The average Bonchev–Trinajstić information content (AvgIpc) is 3.20. The standard InChI is InChI=1S/C23H27ClFN5/c1-23(29-13-11-28(12-14-29)18-15-22(24)27-26-16-18)8-5-17(6-9-23)30-10-7-19-20(25)3-2-4-21(19)30/h2-4,7,10,15-17H,5-6,8-9,11-14H2,1H3. The molecule has 3 aromatic rings. The number of benzene rings is 1. The molecule has 3 heterocycles. The highest BCUT2D eigenvalue weighted by Crippen LogP contribution is 2.40. The van der Waals surface area contributed by atoms with E-state index in [0.717, 1.165) is 68.5 Å². The summed E-state index contributed by atoms with van der Waals surface area (Å²) in [4.78, 5) is 5.00. The molecule has 30 heavy (non-hydrogen) atoms. The number of anilines is 1. The van der Waals surface area contributed by atoms with Crippen molar-refractivity contribution < 1.29 is 4.39 Å². The molecule has 0 amide bonds. The van der Waals surface area contributed by atoms with Crippen molar-refractivity contribution in [1.29, 1.82) is 0 Å². The van der Waals surface area contributed by atoms with Gasteiger partial charge >= 0.3 is 0 Å². The molecule has 0 unspecified atom stereocenters. The maximum atomic E-state index is 14.1. The number of hydrogen-bond donors (Lipinski definition) is 0. The Kier molecular flexibility index (Phi) is 5.15. The summed E-state index contributed by atoms with van der Waals surface area (Å²) >= 11 is 6.00. The highest BCUT2D eigenvalue weighted by atomic mass is 35.5. The highest BCUT2D eigenvalue weighted by molar-refractivity contribution is 6.29. The van der Waals surface area contributed by atoms with Crippen LogP contribution in [0.25, 0.3) is 10.9 Å². The third-order valence-corrected chi connectivity index (χ3v) is 7.34. The normalized spacial score (nSPS) is 25.7. The Labute approximate surface area is 181 Å². The first-order valence-electron chi connectivity index (χ1n) is 10.8. The summed E-state index contributed by atoms with van der Waals surface area (Å²) in [7, 11) is 0. The Hall–Kier alpha value is -2.18. The van der Waals surface area contributed by atoms with Crippen LogP contribution in [-0.4, -0.2) is 51.4 Å². The van der Waals surface area contributed by atoms with Gasteiger partial charge in [0.05, 0.1) is 17.4 Å². The van der Waals surface area contributed by atoms with Gasteiger partial charge in [0.2, 0.25) is 0 Å². The molecule has 2 aliphatic rings. The van der Waals surface area contributed by atoms with Crippen molar-refractivity contribution in [3.05, 3.63) is 53.7 Å². The summed E-state index contributed by atoms with van der Waals surface area (Å²) in [5, 5.41) is 8.99. The summed E-state index contributed by atoms with van der Waals surface area (Å²) in [5.41, 5.74) is 2.29. The second-order valence-corrected chi connectivity index (χ2v) is 9.22. The lowest BCUT2D eigenvalue weighted by atomic mass is 9.79. The van der Waals surface area contributed by atoms with Gasteiger partial charge in [-0.05, 0) is 50.8 Å². The van der Waals surface area contributed by atoms with E-state index >= 15 is 0 Å². The van der Waals surface area contributed by atoms with Gasteiger partial charge in [0, 0.05) is 55.4 Å². The fourth-order valence-corrected chi connectivity index (χ4v) is 5.45. The molecular formula is C23H27ClFN5. The lowest BCUT2D eigenvalue weighted by molar-refractivity contribution is 0.0481. The summed E-state index contributed by atoms with van der Waals surface area (Å²) in [6.07, 6.45) is 8.43. The van der Waals surface area contributed by atoms with Gasteiger partial charge in [0.1, 0.15) is 5.82 Å². The van der Waals surface area contributed by atoms with Crippen LogP contribution in [0.1, 0.15) is 38.6 Å². The van der Waals surface area contributed by atoms with Crippen molar-refractivity contribution in [2.75, 3.05) is 31.1 Å². The molecule has 0 atom stereocenters. The minimum atomic E-state index is -0.129. The van der Waals surface area contributed by atoms with Crippen molar-refractivity contribution in [1.82, 2.24) is 19.7 Å². The predicted molar refractivity (Wildman–Crippen MR) is 119 cm³/mol. The van der Waals surface area contributed by atoms with Crippen LogP contribution in [0.4, 0.5) is 10.1 Å². The van der Waals surface area contributed by atoms with Gasteiger partial charge in [-0.1, -0.05) is 17.7 Å². The molecule has 2 fully saturated rings. The highest BCUT2D eigenvalue weighted by Gasteiger charge is 2.38. The number of rotatable bonds is 3. The number of nitrogens with zero attached hydrogens (tertiary/aromatic N) is 5. The van der Waals surface area contributed by atoms with Crippen molar-refractivity contribution >= 4 is 28.2 Å². The van der Waals surface area contributed by atoms with Crippen molar-refractivity contribution in [3.8, 4) is 0 Å². The largest absolute Gasteiger partial charge is 0.368 e. The smallest absolute Gasteiger partial charge is 0.153 e. The number of fused-ring (bicyclic) bond motifs is 1. The Morgan fingerprint density at radius 3 is 2.60 bits per heavy atom. The first-order chi connectivity index (χ1) is 14.5. The van der Waals surface area contributed by atoms with Gasteiger partial charge in [-0.15, -0.1) is 5.10 Å². The van der Waals surface area contributed by atoms with Gasteiger partial charge in [-0.3, -0.25) is 4.90 Å². The molecule has 2 aromatic heterocycles. The SMILES string of the molecule is CC1(N2CCN(c3cnnc(Cl)c3)CC2)CCC(n2ccc3c(F)cccc32)CC1. The van der Waals surface area contributed by atoms with Crippen LogP contribution in [0.5, 0.6) is 0 Å². The predicted octanol–water partition coefficient (Wildman–Crippen LogP) is 4.92. The van der Waals surface area contributed by atoms with Gasteiger partial charge in [0.15, 0.2) is 5.15 Å². The van der Waals surface area contributed by atoms with Gasteiger partial charge < -0.3 is 9.47 Å². The molecule has 7 heteroatoms. The minimum absolute atomic E-state index is 0.129. The summed E-state index contributed by atoms with van der Waals surface area (Å²) in [5.74, 6) is -0.129. The van der Waals surface area contributed by atoms with Gasteiger partial charge in [-0.25, -0.2) is 4.39 Å². The van der Waals surface area contributed by atoms with E-state index in [1.54, 1.807) is 12.3 Å². The fourth-order valence-electron chi connectivity index (χ4n) is 5.30. The molecule has 1 aromatic carbocycles. The summed E-state index contributed by atoms with van der Waals surface area (Å²) in [6.45, 7) is 6.44. The fraction of sp³-hybridized carbons (Fsp3) is 0.478. The number of aromatic nitrogens is 3. The lowest BCUT2D eigenvalue weighted by Gasteiger charge is -2.49. The van der Waals surface area contributed by atoms with E-state index in [-0.39, 0.29) is 11.4 Å². The minimum Gasteiger partial charge on any atom is -0.368 e. The molecule has 158 valence electrons. The maximum Gasteiger partial charge on any atom is 0.153 e. The van der Waals surface area contributed by atoms with Gasteiger partial charge in [-0.2, -0.15) is 5.10 Å². The third kappa shape index (κ3) is 3.56. The molecule has 1 saturated heterocycles. The molecule has 0 N–H and O–H groups in total. The van der Waals surface area contributed by atoms with E-state index in [1.165, 1.54) is 0 Å². The number of hydrogen-bond acceptors (Lipinski definition) is 4. The first-order valence-corrected chi connectivity index (χ1v) is 11.1. The molecular weight excluding hydrogens is 401 g/mol. The topological polar surface area (TPSA) is 37.2 Å². The Morgan fingerprint density at radius 1 is 1.10 bits per heavy atom. The second-order valence-electron chi connectivity index (χ2n) is 8.83. The third-order valence-electron chi connectivity index (χ3n) is 7.15. The van der Waals surface area contributed by atoms with Crippen molar-refractivity contribution in [3.63, 3.8) is 0 Å². The molecule has 0 radical (unpaired) electrons. The monoisotopic (exact) mass is 427 g/mol. The van der Waals surface area contributed by atoms with E-state index in [2.05, 4.69) is 37.7 Å². The zero-order valence-corrected chi connectivity index (χ0v) is 18.0. The lowest BCUT2D eigenvalue weighted by Crippen LogP contribution is -2.57. The molecule has 0 bridgehead atoms. The van der Waals surface area contributed by atoms with Crippen LogP contribution >= 0.6 is 11.6 Å². The molecule has 1 aliphatic carbocycles. The van der Waals surface area contributed by atoms with Crippen LogP contribution in [0, 0.1) is 5.82 Å². The Morgan fingerprint density at radius 2 is 1.87 bits per heavy atom. The van der Waals surface area contributed by atoms with E-state index in [0.29, 0.717) is 11.2 Å². The molecule has 1 saturated carbocycles. The quantitative estimate of drug-likeness (QED) is 0.594. The number of piperazine rings is 1. The van der Waals surface area contributed by atoms with Gasteiger partial charge in [0.25, 0.3) is 0 Å². The van der Waals surface area contributed by atoms with E-state index in [4.69, 9.17) is 11.6 Å². The van der Waals surface area contributed by atoms with Crippen LogP contribution in [0.3, 0.4) is 0 Å². The van der Waals surface area contributed by atoms with Crippen LogP contribution < -0.4 is 4.90 Å².